The number of alkyl halides is 1. The summed E-state index contributed by atoms with van der Waals surface area (Å²) in [5, 5.41) is 22.3. The summed E-state index contributed by atoms with van der Waals surface area (Å²) in [4.78, 5) is 27.5. The molecular formula is C35H36F2N4O5. The van der Waals surface area contributed by atoms with Gasteiger partial charge in [0, 0.05) is 42.6 Å². The second kappa shape index (κ2) is 11.2. The number of aryl methyl sites for hydroxylation is 1. The number of hydrogen-bond donors (Lipinski definition) is 2. The van der Waals surface area contributed by atoms with Crippen molar-refractivity contribution in [2.45, 2.75) is 69.7 Å². The van der Waals surface area contributed by atoms with Crippen LogP contribution in [0.15, 0.2) is 33.5 Å². The van der Waals surface area contributed by atoms with Crippen molar-refractivity contribution < 1.29 is 28.1 Å². The van der Waals surface area contributed by atoms with Crippen LogP contribution in [0.3, 0.4) is 0 Å². The number of ether oxygens (including phenoxy) is 1. The van der Waals surface area contributed by atoms with Gasteiger partial charge in [0.05, 0.1) is 22.2 Å². The van der Waals surface area contributed by atoms with Crippen LogP contribution in [-0.4, -0.2) is 75.2 Å². The third kappa shape index (κ3) is 5.13. The highest BCUT2D eigenvalue weighted by molar-refractivity contribution is 6.03. The van der Waals surface area contributed by atoms with Crippen LogP contribution in [-0.2, 0) is 0 Å². The normalized spacial score (nSPS) is 25.1. The average molecular weight is 631 g/mol. The summed E-state index contributed by atoms with van der Waals surface area (Å²) in [5.74, 6) is 2.06. The van der Waals surface area contributed by atoms with Gasteiger partial charge in [0.2, 0.25) is 0 Å². The van der Waals surface area contributed by atoms with Gasteiger partial charge in [-0.15, -0.1) is 6.42 Å². The molecule has 1 unspecified atom stereocenters. The fraction of sp³-hybridized carbons (Fsp3) is 0.457. The molecule has 3 fully saturated rings. The molecule has 240 valence electrons. The van der Waals surface area contributed by atoms with E-state index in [0.717, 1.165) is 19.4 Å². The van der Waals surface area contributed by atoms with Crippen molar-refractivity contribution in [3.05, 3.63) is 51.6 Å². The lowest BCUT2D eigenvalue weighted by atomic mass is 9.95. The first-order chi connectivity index (χ1) is 22.0. The zero-order valence-corrected chi connectivity index (χ0v) is 25.9. The van der Waals surface area contributed by atoms with Gasteiger partial charge in [-0.1, -0.05) is 12.0 Å². The summed E-state index contributed by atoms with van der Waals surface area (Å²) in [5.41, 5.74) is -1.09. The number of anilines is 1. The molecule has 3 saturated heterocycles. The van der Waals surface area contributed by atoms with Gasteiger partial charge in [-0.3, -0.25) is 4.90 Å². The molecule has 0 aliphatic carbocycles. The minimum atomic E-state index is -0.925. The molecule has 7 rings (SSSR count). The van der Waals surface area contributed by atoms with Gasteiger partial charge >= 0.3 is 11.6 Å². The Morgan fingerprint density at radius 1 is 1.15 bits per heavy atom. The second-order valence-electron chi connectivity index (χ2n) is 13.3. The van der Waals surface area contributed by atoms with Crippen LogP contribution in [0.5, 0.6) is 11.8 Å². The van der Waals surface area contributed by atoms with Gasteiger partial charge in [-0.2, -0.15) is 9.97 Å². The minimum Gasteiger partial charge on any atom is -0.508 e. The van der Waals surface area contributed by atoms with Crippen LogP contribution in [0.25, 0.3) is 33.0 Å². The molecule has 0 bridgehead atoms. The van der Waals surface area contributed by atoms with Crippen molar-refractivity contribution in [1.29, 1.82) is 0 Å². The highest BCUT2D eigenvalue weighted by atomic mass is 19.1. The first-order valence-electron chi connectivity index (χ1n) is 15.8. The van der Waals surface area contributed by atoms with E-state index in [0.29, 0.717) is 67.5 Å². The fourth-order valence-corrected chi connectivity index (χ4v) is 7.63. The summed E-state index contributed by atoms with van der Waals surface area (Å²) in [6, 6.07) is 5.62. The lowest BCUT2D eigenvalue weighted by Gasteiger charge is -2.31. The van der Waals surface area contributed by atoms with Crippen molar-refractivity contribution in [2.24, 2.45) is 0 Å². The smallest absolute Gasteiger partial charge is 0.349 e. The number of terminal acetylenes is 1. The van der Waals surface area contributed by atoms with Crippen LogP contribution in [0.4, 0.5) is 14.6 Å². The first-order valence-corrected chi connectivity index (χ1v) is 15.8. The van der Waals surface area contributed by atoms with Crippen LogP contribution in [0.1, 0.15) is 56.6 Å². The molecule has 2 aromatic heterocycles. The molecule has 0 radical (unpaired) electrons. The number of phenols is 1. The van der Waals surface area contributed by atoms with Crippen LogP contribution < -0.4 is 15.3 Å². The van der Waals surface area contributed by atoms with E-state index in [1.54, 1.807) is 13.8 Å². The van der Waals surface area contributed by atoms with E-state index in [4.69, 9.17) is 25.5 Å². The summed E-state index contributed by atoms with van der Waals surface area (Å²) >= 11 is 0. The van der Waals surface area contributed by atoms with Gasteiger partial charge in [0.25, 0.3) is 0 Å². The number of phenolic OH excluding ortho intramolecular Hbond substituents is 1. The summed E-state index contributed by atoms with van der Waals surface area (Å²) < 4.78 is 41.6. The highest BCUT2D eigenvalue weighted by Gasteiger charge is 2.49. The predicted molar refractivity (Wildman–Crippen MR) is 171 cm³/mol. The first kappa shape index (κ1) is 30.4. The largest absolute Gasteiger partial charge is 0.508 e. The Bertz CT molecular complexity index is 1970. The Morgan fingerprint density at radius 3 is 2.76 bits per heavy atom. The van der Waals surface area contributed by atoms with Gasteiger partial charge in [-0.05, 0) is 76.1 Å². The number of hydrogen-bond acceptors (Lipinski definition) is 9. The summed E-state index contributed by atoms with van der Waals surface area (Å²) in [6.45, 7) is 5.87. The molecule has 0 saturated carbocycles. The number of aromatic nitrogens is 2. The maximum absolute atomic E-state index is 14.9. The predicted octanol–water partition coefficient (Wildman–Crippen LogP) is 5.23. The van der Waals surface area contributed by atoms with Crippen molar-refractivity contribution >= 4 is 27.5 Å². The Labute approximate surface area is 264 Å². The van der Waals surface area contributed by atoms with E-state index in [9.17, 15) is 23.8 Å². The van der Waals surface area contributed by atoms with Crippen molar-refractivity contribution in [3.8, 4) is 35.4 Å². The maximum Gasteiger partial charge on any atom is 0.349 e. The molecule has 5 heterocycles. The molecule has 46 heavy (non-hydrogen) atoms. The van der Waals surface area contributed by atoms with Crippen LogP contribution >= 0.6 is 0 Å². The van der Waals surface area contributed by atoms with Gasteiger partial charge < -0.3 is 24.3 Å². The molecule has 2 aromatic carbocycles. The number of benzene rings is 2. The topological polar surface area (TPSA) is 112 Å². The molecule has 11 heteroatoms. The monoisotopic (exact) mass is 630 g/mol. The molecule has 0 amide bonds. The van der Waals surface area contributed by atoms with E-state index in [1.165, 1.54) is 24.3 Å². The van der Waals surface area contributed by atoms with E-state index in [-0.39, 0.29) is 46.2 Å². The van der Waals surface area contributed by atoms with Crippen molar-refractivity contribution in [2.75, 3.05) is 37.7 Å². The van der Waals surface area contributed by atoms with Gasteiger partial charge in [-0.25, -0.2) is 13.6 Å². The third-order valence-corrected chi connectivity index (χ3v) is 10.00. The average Bonchev–Trinajstić information content (AvgIpc) is 3.47. The van der Waals surface area contributed by atoms with E-state index in [1.807, 2.05) is 4.90 Å². The zero-order valence-electron chi connectivity index (χ0n) is 25.9. The molecule has 3 atom stereocenters. The number of aliphatic hydroxyl groups is 1. The molecule has 3 aliphatic rings. The Kier molecular flexibility index (Phi) is 7.41. The SMILES string of the molecule is C#Cc1c(F)ccc2cc(O)cc(-c3oc(=O)c4c(N5CCCC(C)(O)CC5)nc(OC[C@@]56CCCN5C[C@H](F)C6)nc4c3C)c12. The fourth-order valence-electron chi connectivity index (χ4n) is 7.63. The standard InChI is InChI=1S/C35H36F2N4O5/c1-4-24-26(37)8-7-21-15-23(42)16-25(27(21)24)30-20(2)29-28(32(43)46-30)31(40-12-5-9-34(3,44)11-14-40)39-33(38-29)45-19-35-10-6-13-41(35)18-22(36)17-35/h1,7-8,15-16,22,42,44H,5-6,9-14,17-19H2,2-3H3/t22-,34?,35+/m1/s1. The lowest BCUT2D eigenvalue weighted by Crippen LogP contribution is -2.43. The molecule has 3 aliphatic heterocycles. The number of nitrogens with zero attached hydrogens (tertiary/aromatic N) is 4. The zero-order chi connectivity index (χ0) is 32.4. The van der Waals surface area contributed by atoms with Crippen molar-refractivity contribution in [3.63, 3.8) is 0 Å². The number of rotatable bonds is 5. The third-order valence-electron chi connectivity index (χ3n) is 10.00. The molecular weight excluding hydrogens is 594 g/mol. The highest BCUT2D eigenvalue weighted by Crippen LogP contribution is 2.42. The van der Waals surface area contributed by atoms with Crippen LogP contribution in [0.2, 0.25) is 0 Å². The van der Waals surface area contributed by atoms with Crippen LogP contribution in [0, 0.1) is 25.1 Å². The van der Waals surface area contributed by atoms with E-state index >= 15 is 0 Å². The molecule has 0 spiro atoms. The molecule has 9 nitrogen and oxygen atoms in total. The molecule has 4 aromatic rings. The van der Waals surface area contributed by atoms with E-state index < -0.39 is 28.8 Å². The quantitative estimate of drug-likeness (QED) is 0.286. The lowest BCUT2D eigenvalue weighted by molar-refractivity contribution is 0.0481. The summed E-state index contributed by atoms with van der Waals surface area (Å²) in [6.07, 6.45) is 8.64. The summed E-state index contributed by atoms with van der Waals surface area (Å²) in [7, 11) is 0. The number of halogens is 2. The Balaban J connectivity index is 1.41. The Morgan fingerprint density at radius 2 is 1.96 bits per heavy atom. The molecule has 2 N–H and O–H groups in total. The number of fused-ring (bicyclic) bond motifs is 3. The van der Waals surface area contributed by atoms with Gasteiger partial charge in [0.1, 0.15) is 35.5 Å². The van der Waals surface area contributed by atoms with E-state index in [2.05, 4.69) is 10.8 Å². The second-order valence-corrected chi connectivity index (χ2v) is 13.3. The number of aromatic hydroxyl groups is 1. The van der Waals surface area contributed by atoms with Crippen molar-refractivity contribution in [1.82, 2.24) is 14.9 Å². The maximum atomic E-state index is 14.9. The minimum absolute atomic E-state index is 0.0261. The van der Waals surface area contributed by atoms with Gasteiger partial charge in [0.15, 0.2) is 5.82 Å². The Hall–Kier alpha value is -4.27.